The lowest BCUT2D eigenvalue weighted by Gasteiger charge is -2.28. The first-order valence-electron chi connectivity index (χ1n) is 14.3. The van der Waals surface area contributed by atoms with E-state index < -0.39 is 15.8 Å². The van der Waals surface area contributed by atoms with Crippen molar-refractivity contribution in [1.82, 2.24) is 24.0 Å². The van der Waals surface area contributed by atoms with Crippen LogP contribution in [0, 0.1) is 23.0 Å². The Labute approximate surface area is 263 Å². The molecular weight excluding hydrogens is 584 g/mol. The molecule has 44 heavy (non-hydrogen) atoms. The summed E-state index contributed by atoms with van der Waals surface area (Å²) in [5.41, 5.74) is 3.76. The van der Waals surface area contributed by atoms with Crippen LogP contribution in [0.25, 0.3) is 11.3 Å². The summed E-state index contributed by atoms with van der Waals surface area (Å²) in [6, 6.07) is 5.42. The van der Waals surface area contributed by atoms with Gasteiger partial charge in [-0.15, -0.1) is 0 Å². The third-order valence-corrected chi connectivity index (χ3v) is 6.37. The van der Waals surface area contributed by atoms with Crippen molar-refractivity contribution < 1.29 is 18.7 Å². The van der Waals surface area contributed by atoms with Gasteiger partial charge in [-0.1, -0.05) is 53.2 Å². The van der Waals surface area contributed by atoms with E-state index in [2.05, 4.69) is 40.1 Å². The molecule has 0 amide bonds. The second-order valence-electron chi connectivity index (χ2n) is 8.68. The highest BCUT2D eigenvalue weighted by atomic mass is 32.1. The van der Waals surface area contributed by atoms with Gasteiger partial charge in [-0.2, -0.15) is 15.9 Å². The third-order valence-electron chi connectivity index (χ3n) is 6.05. The fourth-order valence-corrected chi connectivity index (χ4v) is 4.38. The summed E-state index contributed by atoms with van der Waals surface area (Å²) in [6.45, 7) is 11.9. The number of rotatable bonds is 9. The molecule has 3 N–H and O–H groups in total. The Balaban J connectivity index is 0.00000162. The smallest absolute Gasteiger partial charge is 0.283 e. The number of quaternary nitrogens is 1. The van der Waals surface area contributed by atoms with Crippen LogP contribution in [0.2, 0.25) is 0 Å². The fraction of sp³-hybridized carbons (Fsp3) is 0.281. The molecule has 0 fully saturated rings. The number of aromatic amines is 1. The van der Waals surface area contributed by atoms with Crippen molar-refractivity contribution in [1.29, 1.82) is 5.26 Å². The molecule has 2 aromatic heterocycles. The van der Waals surface area contributed by atoms with Crippen LogP contribution in [0.1, 0.15) is 71.3 Å². The number of aromatic nitrogens is 3. The predicted molar refractivity (Wildman–Crippen MR) is 175 cm³/mol. The van der Waals surface area contributed by atoms with Crippen molar-refractivity contribution >= 4 is 35.5 Å². The number of nitrogens with one attached hydrogen (secondary N) is 2. The Morgan fingerprint density at radius 3 is 2.57 bits per heavy atom. The molecule has 0 radical (unpaired) electrons. The molecule has 1 unspecified atom stereocenters. The summed E-state index contributed by atoms with van der Waals surface area (Å²) in [5, 5.41) is 20.3. The lowest BCUT2D eigenvalue weighted by molar-refractivity contribution is 0.0496. The topological polar surface area (TPSA) is 110 Å². The van der Waals surface area contributed by atoms with E-state index >= 15 is 8.78 Å². The first-order chi connectivity index (χ1) is 21.2. The first kappa shape index (κ1) is 35.8. The minimum absolute atomic E-state index is 0.0500. The number of benzene rings is 1. The molecule has 0 aliphatic carbocycles. The molecule has 0 saturated heterocycles. The van der Waals surface area contributed by atoms with Crippen LogP contribution in [0.3, 0.4) is 0 Å². The van der Waals surface area contributed by atoms with Gasteiger partial charge in [0.25, 0.3) is 11.6 Å². The zero-order valence-corrected chi connectivity index (χ0v) is 27.0. The van der Waals surface area contributed by atoms with Gasteiger partial charge < -0.3 is 14.6 Å². The molecule has 4 rings (SSSR count). The van der Waals surface area contributed by atoms with Gasteiger partial charge in [-0.3, -0.25) is 0 Å². The SMILES string of the molecule is C/C=C1/C=C(c2c(F)ccc(N[N+](O)(S)c3cc(C#N)cnc3OC)c2F)C=CN1/C(=C\CCC)c1ncc[nH]1.CC.CC. The number of anilines is 1. The number of imidazole rings is 1. The Kier molecular flexibility index (Phi) is 13.8. The van der Waals surface area contributed by atoms with Crippen molar-refractivity contribution in [2.75, 3.05) is 12.5 Å². The molecule has 1 aliphatic heterocycles. The number of nitriles is 1. The predicted octanol–water partition coefficient (Wildman–Crippen LogP) is 8.54. The number of allylic oxidation sites excluding steroid dienone is 5. The Hall–Kier alpha value is -4.44. The standard InChI is InChI=1S/C28H28F2N7O2S.2C2H6/c1-4-6-7-23(27-32-11-12-33-27)36-13-10-19(15-20(36)5-2)25-21(29)8-9-22(26(25)30)35-37(38,40)24-14-18(16-31)17-34-28(24)39-3;2*1-2/h5,7-15,17,35,38,40H,4,6H2,1-3H3,(H,32,33);2*1-2H3/q+1;;/b20-5-,23-7-;;. The molecule has 1 aliphatic rings. The molecule has 3 aromatic rings. The van der Waals surface area contributed by atoms with Gasteiger partial charge in [-0.05, 0) is 43.2 Å². The quantitative estimate of drug-likeness (QED) is 0.107. The van der Waals surface area contributed by atoms with Crippen LogP contribution in [0.5, 0.6) is 5.88 Å². The van der Waals surface area contributed by atoms with E-state index in [1.807, 2.05) is 57.7 Å². The molecule has 0 bridgehead atoms. The van der Waals surface area contributed by atoms with E-state index in [4.69, 9.17) is 4.74 Å². The molecular formula is C32H40F2N7O2S+. The van der Waals surface area contributed by atoms with E-state index in [0.29, 0.717) is 11.5 Å². The van der Waals surface area contributed by atoms with E-state index in [-0.39, 0.29) is 34.0 Å². The summed E-state index contributed by atoms with van der Waals surface area (Å²) in [6.07, 6.45) is 15.3. The van der Waals surface area contributed by atoms with Crippen molar-refractivity contribution in [2.24, 2.45) is 0 Å². The molecule has 234 valence electrons. The average molecular weight is 625 g/mol. The molecule has 9 nitrogen and oxygen atoms in total. The normalized spacial score (nSPS) is 14.8. The second kappa shape index (κ2) is 17.0. The molecule has 3 heterocycles. The number of nitrogens with zero attached hydrogens (tertiary/aromatic N) is 5. The zero-order chi connectivity index (χ0) is 32.9. The van der Waals surface area contributed by atoms with Gasteiger partial charge in [-0.25, -0.2) is 18.7 Å². The number of hydrogen-bond acceptors (Lipinski definition) is 8. The van der Waals surface area contributed by atoms with Gasteiger partial charge in [0.2, 0.25) is 0 Å². The van der Waals surface area contributed by atoms with E-state index in [0.717, 1.165) is 30.7 Å². The van der Waals surface area contributed by atoms with Gasteiger partial charge in [0.1, 0.15) is 30.4 Å². The van der Waals surface area contributed by atoms with Crippen LogP contribution in [0.15, 0.2) is 73.0 Å². The minimum atomic E-state index is -1.43. The molecule has 12 heteroatoms. The van der Waals surface area contributed by atoms with E-state index in [9.17, 15) is 10.5 Å². The zero-order valence-electron chi connectivity index (χ0n) is 26.1. The summed E-state index contributed by atoms with van der Waals surface area (Å²) in [5.74, 6) is -1.14. The van der Waals surface area contributed by atoms with Crippen LogP contribution >= 0.6 is 12.8 Å². The highest BCUT2D eigenvalue weighted by Gasteiger charge is 2.34. The first-order valence-corrected chi connectivity index (χ1v) is 14.7. The van der Waals surface area contributed by atoms with Gasteiger partial charge in [0.15, 0.2) is 11.6 Å². The lowest BCUT2D eigenvalue weighted by Crippen LogP contribution is -2.42. The average Bonchev–Trinajstić information content (AvgIpc) is 3.59. The van der Waals surface area contributed by atoms with Gasteiger partial charge in [0, 0.05) is 40.7 Å². The van der Waals surface area contributed by atoms with Crippen LogP contribution < -0.4 is 14.3 Å². The number of H-pyrrole nitrogens is 1. The second-order valence-corrected chi connectivity index (χ2v) is 9.25. The molecule has 0 spiro atoms. The summed E-state index contributed by atoms with van der Waals surface area (Å²) < 4.78 is 34.7. The van der Waals surface area contributed by atoms with Crippen molar-refractivity contribution in [2.45, 2.75) is 54.4 Å². The Bertz CT molecular complexity index is 1560. The highest BCUT2D eigenvalue weighted by molar-refractivity contribution is 7.79. The van der Waals surface area contributed by atoms with Crippen LogP contribution in [-0.4, -0.2) is 32.2 Å². The monoisotopic (exact) mass is 624 g/mol. The van der Waals surface area contributed by atoms with Gasteiger partial charge >= 0.3 is 0 Å². The Morgan fingerprint density at radius 2 is 1.98 bits per heavy atom. The number of methoxy groups -OCH3 is 1. The maximum atomic E-state index is 15.9. The molecule has 0 saturated carbocycles. The van der Waals surface area contributed by atoms with Crippen LogP contribution in [0.4, 0.5) is 20.2 Å². The van der Waals surface area contributed by atoms with Crippen LogP contribution in [-0.2, 0) is 0 Å². The number of halogens is 2. The maximum absolute atomic E-state index is 15.9. The minimum Gasteiger partial charge on any atom is -0.477 e. The van der Waals surface area contributed by atoms with Crippen molar-refractivity contribution in [3.05, 3.63) is 102 Å². The molecule has 1 atom stereocenters. The number of hydrogen-bond donors (Lipinski definition) is 4. The lowest BCUT2D eigenvalue weighted by atomic mass is 9.99. The Morgan fingerprint density at radius 1 is 1.25 bits per heavy atom. The summed E-state index contributed by atoms with van der Waals surface area (Å²) in [7, 11) is 1.32. The number of thiol groups is 1. The number of ether oxygens (including phenoxy) is 1. The van der Waals surface area contributed by atoms with E-state index in [1.165, 1.54) is 19.4 Å². The summed E-state index contributed by atoms with van der Waals surface area (Å²) in [4.78, 5) is 13.4. The van der Waals surface area contributed by atoms with Crippen molar-refractivity contribution in [3.63, 3.8) is 0 Å². The number of pyridine rings is 1. The van der Waals surface area contributed by atoms with Gasteiger partial charge in [0.05, 0.1) is 23.9 Å². The van der Waals surface area contributed by atoms with E-state index in [1.54, 1.807) is 30.7 Å². The largest absolute Gasteiger partial charge is 0.477 e. The molecule has 1 aromatic carbocycles. The highest BCUT2D eigenvalue weighted by Crippen LogP contribution is 2.37. The number of unbranched alkanes of at least 4 members (excludes halogenated alkanes) is 1. The maximum Gasteiger partial charge on any atom is 0.283 e. The third kappa shape index (κ3) is 8.13. The fourth-order valence-electron chi connectivity index (χ4n) is 4.12. The van der Waals surface area contributed by atoms with Crippen molar-refractivity contribution in [3.8, 4) is 11.9 Å². The summed E-state index contributed by atoms with van der Waals surface area (Å²) >= 11 is 4.19.